The van der Waals surface area contributed by atoms with Crippen molar-refractivity contribution in [3.63, 3.8) is 0 Å². The van der Waals surface area contributed by atoms with Gasteiger partial charge in [0.2, 0.25) is 5.91 Å². The molecule has 2 aromatic rings. The molecule has 0 radical (unpaired) electrons. The molecule has 4 N–H and O–H groups in total. The summed E-state index contributed by atoms with van der Waals surface area (Å²) in [5, 5.41) is 12.3. The largest absolute Gasteiger partial charge is 0.506 e. The molecule has 0 atom stereocenters. The van der Waals surface area contributed by atoms with Gasteiger partial charge in [0.1, 0.15) is 11.5 Å². The van der Waals surface area contributed by atoms with Crippen LogP contribution in [0.5, 0.6) is 11.5 Å². The Morgan fingerprint density at radius 1 is 1.25 bits per heavy atom. The van der Waals surface area contributed by atoms with Gasteiger partial charge in [-0.05, 0) is 29.8 Å². The number of amides is 1. The average Bonchev–Trinajstić information content (AvgIpc) is 2.44. The molecule has 0 saturated carbocycles. The predicted molar refractivity (Wildman–Crippen MR) is 77.8 cm³/mol. The first kappa shape index (κ1) is 13.7. The second-order valence-corrected chi connectivity index (χ2v) is 4.35. The molecule has 0 spiro atoms. The van der Waals surface area contributed by atoms with E-state index in [2.05, 4.69) is 5.32 Å². The number of phenolic OH excluding ortho intramolecular Hbond substituents is 1. The Kier molecular flexibility index (Phi) is 4.10. The summed E-state index contributed by atoms with van der Waals surface area (Å²) < 4.78 is 5.05. The minimum Gasteiger partial charge on any atom is -0.506 e. The highest BCUT2D eigenvalue weighted by atomic mass is 16.5. The Bertz CT molecular complexity index is 609. The second-order valence-electron chi connectivity index (χ2n) is 4.35. The molecule has 0 aromatic heterocycles. The van der Waals surface area contributed by atoms with E-state index in [0.717, 1.165) is 5.56 Å². The molecule has 0 aliphatic carbocycles. The van der Waals surface area contributed by atoms with Crippen LogP contribution in [0.15, 0.2) is 42.5 Å². The van der Waals surface area contributed by atoms with Gasteiger partial charge in [-0.15, -0.1) is 0 Å². The molecule has 1 amide bonds. The molecule has 2 rings (SSSR count). The normalized spacial score (nSPS) is 10.1. The quantitative estimate of drug-likeness (QED) is 0.588. The molecular weight excluding hydrogens is 256 g/mol. The Labute approximate surface area is 117 Å². The third-order valence-corrected chi connectivity index (χ3v) is 2.82. The zero-order chi connectivity index (χ0) is 14.5. The van der Waals surface area contributed by atoms with Crippen molar-refractivity contribution in [1.82, 2.24) is 0 Å². The number of nitrogen functional groups attached to an aromatic ring is 1. The topological polar surface area (TPSA) is 84.6 Å². The first-order valence-corrected chi connectivity index (χ1v) is 6.10. The summed E-state index contributed by atoms with van der Waals surface area (Å²) in [6.45, 7) is 0. The standard InChI is InChI=1S/C15H16N2O3/c1-20-12-6-7-14(18)13(9-12)17-15(19)8-10-2-4-11(16)5-3-10/h2-7,9,18H,8,16H2,1H3,(H,17,19). The fourth-order valence-electron chi connectivity index (χ4n) is 1.76. The van der Waals surface area contributed by atoms with E-state index in [4.69, 9.17) is 10.5 Å². The van der Waals surface area contributed by atoms with E-state index in [9.17, 15) is 9.90 Å². The minimum absolute atomic E-state index is 0.00328. The summed E-state index contributed by atoms with van der Waals surface area (Å²) in [4.78, 5) is 11.9. The number of hydrogen-bond donors (Lipinski definition) is 3. The van der Waals surface area contributed by atoms with Crippen LogP contribution in [0.25, 0.3) is 0 Å². The molecule has 0 aliphatic rings. The van der Waals surface area contributed by atoms with Crippen LogP contribution in [0.2, 0.25) is 0 Å². The number of hydrogen-bond acceptors (Lipinski definition) is 4. The van der Waals surface area contributed by atoms with Crippen molar-refractivity contribution >= 4 is 17.3 Å². The van der Waals surface area contributed by atoms with E-state index in [0.29, 0.717) is 17.1 Å². The molecule has 104 valence electrons. The molecule has 5 heteroatoms. The third kappa shape index (κ3) is 3.41. The first-order valence-electron chi connectivity index (χ1n) is 6.10. The zero-order valence-corrected chi connectivity index (χ0v) is 11.1. The van der Waals surface area contributed by atoms with Crippen molar-refractivity contribution in [1.29, 1.82) is 0 Å². The number of ether oxygens (including phenoxy) is 1. The molecular formula is C15H16N2O3. The van der Waals surface area contributed by atoms with Gasteiger partial charge >= 0.3 is 0 Å². The second kappa shape index (κ2) is 5.97. The van der Waals surface area contributed by atoms with Crippen LogP contribution in [-0.2, 0) is 11.2 Å². The van der Waals surface area contributed by atoms with Crippen molar-refractivity contribution in [3.05, 3.63) is 48.0 Å². The molecule has 0 unspecified atom stereocenters. The molecule has 20 heavy (non-hydrogen) atoms. The lowest BCUT2D eigenvalue weighted by atomic mass is 10.1. The van der Waals surface area contributed by atoms with Gasteiger partial charge in [-0.2, -0.15) is 0 Å². The fraction of sp³-hybridized carbons (Fsp3) is 0.133. The van der Waals surface area contributed by atoms with Crippen LogP contribution in [0.4, 0.5) is 11.4 Å². The Morgan fingerprint density at radius 3 is 2.60 bits per heavy atom. The van der Waals surface area contributed by atoms with Crippen LogP contribution < -0.4 is 15.8 Å². The van der Waals surface area contributed by atoms with Crippen molar-refractivity contribution in [2.24, 2.45) is 0 Å². The van der Waals surface area contributed by atoms with Gasteiger partial charge in [0.25, 0.3) is 0 Å². The lowest BCUT2D eigenvalue weighted by Crippen LogP contribution is -2.14. The van der Waals surface area contributed by atoms with Gasteiger partial charge in [0.05, 0.1) is 19.2 Å². The first-order chi connectivity index (χ1) is 9.58. The highest BCUT2D eigenvalue weighted by molar-refractivity contribution is 5.93. The van der Waals surface area contributed by atoms with Crippen molar-refractivity contribution in [2.45, 2.75) is 6.42 Å². The Balaban J connectivity index is 2.06. The summed E-state index contributed by atoms with van der Waals surface area (Å²) in [5.74, 6) is 0.334. The van der Waals surface area contributed by atoms with E-state index in [1.165, 1.54) is 13.2 Å². The number of benzene rings is 2. The number of rotatable bonds is 4. The summed E-state index contributed by atoms with van der Waals surface area (Å²) in [5.41, 5.74) is 7.41. The van der Waals surface area contributed by atoms with Gasteiger partial charge in [-0.25, -0.2) is 0 Å². The summed E-state index contributed by atoms with van der Waals surface area (Å²) in [7, 11) is 1.52. The van der Waals surface area contributed by atoms with Crippen LogP contribution in [0.3, 0.4) is 0 Å². The van der Waals surface area contributed by atoms with Gasteiger partial charge in [0.15, 0.2) is 0 Å². The van der Waals surface area contributed by atoms with E-state index < -0.39 is 0 Å². The molecule has 0 fully saturated rings. The number of carbonyl (C=O) groups is 1. The number of nitrogens with one attached hydrogen (secondary N) is 1. The minimum atomic E-state index is -0.224. The maximum absolute atomic E-state index is 11.9. The van der Waals surface area contributed by atoms with E-state index in [1.807, 2.05) is 0 Å². The van der Waals surface area contributed by atoms with E-state index >= 15 is 0 Å². The van der Waals surface area contributed by atoms with Crippen LogP contribution in [-0.4, -0.2) is 18.1 Å². The van der Waals surface area contributed by atoms with E-state index in [-0.39, 0.29) is 18.1 Å². The van der Waals surface area contributed by atoms with Crippen molar-refractivity contribution in [2.75, 3.05) is 18.2 Å². The fourth-order valence-corrected chi connectivity index (χ4v) is 1.76. The zero-order valence-electron chi connectivity index (χ0n) is 11.1. The Hall–Kier alpha value is -2.69. The maximum atomic E-state index is 11.9. The van der Waals surface area contributed by atoms with Crippen molar-refractivity contribution < 1.29 is 14.6 Å². The number of anilines is 2. The van der Waals surface area contributed by atoms with Crippen LogP contribution >= 0.6 is 0 Å². The van der Waals surface area contributed by atoms with Gasteiger partial charge < -0.3 is 20.9 Å². The number of aromatic hydroxyl groups is 1. The smallest absolute Gasteiger partial charge is 0.228 e. The number of phenols is 1. The molecule has 0 heterocycles. The Morgan fingerprint density at radius 2 is 1.95 bits per heavy atom. The highest BCUT2D eigenvalue weighted by Crippen LogP contribution is 2.27. The highest BCUT2D eigenvalue weighted by Gasteiger charge is 2.08. The number of nitrogens with two attached hydrogens (primary N) is 1. The average molecular weight is 272 g/mol. The lowest BCUT2D eigenvalue weighted by Gasteiger charge is -2.09. The van der Waals surface area contributed by atoms with Crippen LogP contribution in [0, 0.1) is 0 Å². The molecule has 0 aliphatic heterocycles. The molecule has 2 aromatic carbocycles. The van der Waals surface area contributed by atoms with Gasteiger partial charge in [-0.3, -0.25) is 4.79 Å². The number of methoxy groups -OCH3 is 1. The molecule has 0 saturated heterocycles. The van der Waals surface area contributed by atoms with Crippen LogP contribution in [0.1, 0.15) is 5.56 Å². The monoisotopic (exact) mass is 272 g/mol. The predicted octanol–water partition coefficient (Wildman–Crippen LogP) is 2.16. The number of carbonyl (C=O) groups excluding carboxylic acids is 1. The SMILES string of the molecule is COc1ccc(O)c(NC(=O)Cc2ccc(N)cc2)c1. The molecule has 5 nitrogen and oxygen atoms in total. The third-order valence-electron chi connectivity index (χ3n) is 2.82. The summed E-state index contributed by atoms with van der Waals surface area (Å²) in [6, 6.07) is 11.7. The van der Waals surface area contributed by atoms with Gasteiger partial charge in [-0.1, -0.05) is 12.1 Å². The maximum Gasteiger partial charge on any atom is 0.228 e. The van der Waals surface area contributed by atoms with E-state index in [1.54, 1.807) is 36.4 Å². The van der Waals surface area contributed by atoms with Crippen molar-refractivity contribution in [3.8, 4) is 11.5 Å². The lowest BCUT2D eigenvalue weighted by molar-refractivity contribution is -0.115. The summed E-state index contributed by atoms with van der Waals surface area (Å²) in [6.07, 6.45) is 0.205. The van der Waals surface area contributed by atoms with Gasteiger partial charge in [0, 0.05) is 11.8 Å². The molecule has 0 bridgehead atoms. The summed E-state index contributed by atoms with van der Waals surface area (Å²) >= 11 is 0.